The van der Waals surface area contributed by atoms with Crippen molar-refractivity contribution in [3.8, 4) is 0 Å². The number of carboxylic acid groups (broad SMARTS) is 1. The van der Waals surface area contributed by atoms with Crippen molar-refractivity contribution in [3.05, 3.63) is 11.6 Å². The number of carbonyl (C=O) groups is 1. The van der Waals surface area contributed by atoms with Crippen molar-refractivity contribution in [2.45, 2.75) is 119 Å². The van der Waals surface area contributed by atoms with Crippen LogP contribution in [0.2, 0.25) is 0 Å². The molecule has 0 aromatic heterocycles. The van der Waals surface area contributed by atoms with Crippen LogP contribution in [0.3, 0.4) is 0 Å². The molecule has 0 heterocycles. The Morgan fingerprint density at radius 1 is 0.879 bits per heavy atom. The Morgan fingerprint density at radius 3 is 2.21 bits per heavy atom. The van der Waals surface area contributed by atoms with Crippen LogP contribution in [0.5, 0.6) is 0 Å². The molecule has 5 rings (SSSR count). The molecular weight excluding hydrogens is 408 g/mol. The highest BCUT2D eigenvalue weighted by Crippen LogP contribution is 2.75. The van der Waals surface area contributed by atoms with Gasteiger partial charge in [0.25, 0.3) is 0 Å². The quantitative estimate of drug-likeness (QED) is 0.409. The molecule has 0 aliphatic heterocycles. The van der Waals surface area contributed by atoms with Crippen LogP contribution in [0, 0.1) is 50.2 Å². The minimum atomic E-state index is -0.553. The zero-order chi connectivity index (χ0) is 24.2. The van der Waals surface area contributed by atoms with Gasteiger partial charge in [-0.25, -0.2) is 0 Å². The van der Waals surface area contributed by atoms with E-state index in [9.17, 15) is 15.0 Å². The third-order valence-corrected chi connectivity index (χ3v) is 13.0. The van der Waals surface area contributed by atoms with E-state index in [1.807, 2.05) is 0 Å². The molecule has 0 aromatic carbocycles. The van der Waals surface area contributed by atoms with Gasteiger partial charge in [-0.15, -0.1) is 0 Å². The Bertz CT molecular complexity index is 885. The summed E-state index contributed by atoms with van der Waals surface area (Å²) in [4.78, 5) is 12.8. The Hall–Kier alpha value is -0.830. The van der Waals surface area contributed by atoms with Gasteiger partial charge in [0, 0.05) is 0 Å². The van der Waals surface area contributed by atoms with Crippen LogP contribution >= 0.6 is 0 Å². The fourth-order valence-electron chi connectivity index (χ4n) is 10.6. The van der Waals surface area contributed by atoms with Crippen molar-refractivity contribution in [2.75, 3.05) is 0 Å². The summed E-state index contributed by atoms with van der Waals surface area (Å²) < 4.78 is 0. The van der Waals surface area contributed by atoms with Gasteiger partial charge in [-0.1, -0.05) is 60.1 Å². The number of hydrogen-bond donors (Lipinski definition) is 2. The Balaban J connectivity index is 1.60. The van der Waals surface area contributed by atoms with Crippen molar-refractivity contribution in [1.82, 2.24) is 0 Å². The first-order chi connectivity index (χ1) is 15.1. The van der Waals surface area contributed by atoms with E-state index in [4.69, 9.17) is 0 Å². The molecule has 0 bridgehead atoms. The highest BCUT2D eigenvalue weighted by Gasteiger charge is 2.69. The SMILES string of the molecule is CC1(C)CC[C@]2(C(=O)O)CC[C@]3(C)C(=CC[C@@H]4[C@@]5(C)CC[C@H](O)C(C)(C)[C@@H]5CC[C@]43C)C2C1. The lowest BCUT2D eigenvalue weighted by atomic mass is 9.33. The van der Waals surface area contributed by atoms with Crippen LogP contribution in [0.15, 0.2) is 11.6 Å². The summed E-state index contributed by atoms with van der Waals surface area (Å²) in [6.45, 7) is 16.9. The molecule has 3 heteroatoms. The van der Waals surface area contributed by atoms with E-state index < -0.39 is 11.4 Å². The van der Waals surface area contributed by atoms with E-state index in [0.29, 0.717) is 11.8 Å². The summed E-state index contributed by atoms with van der Waals surface area (Å²) in [6.07, 6.45) is 12.6. The molecule has 3 nitrogen and oxygen atoms in total. The molecule has 0 amide bonds. The van der Waals surface area contributed by atoms with Crippen LogP contribution in [0.4, 0.5) is 0 Å². The molecule has 2 N–H and O–H groups in total. The fraction of sp³-hybridized carbons (Fsp3) is 0.900. The first kappa shape index (κ1) is 23.9. The van der Waals surface area contributed by atoms with Crippen LogP contribution in [-0.4, -0.2) is 22.3 Å². The molecule has 5 aliphatic rings. The van der Waals surface area contributed by atoms with Crippen molar-refractivity contribution in [3.63, 3.8) is 0 Å². The second kappa shape index (κ2) is 6.89. The van der Waals surface area contributed by atoms with Crippen LogP contribution < -0.4 is 0 Å². The van der Waals surface area contributed by atoms with Gasteiger partial charge in [0.05, 0.1) is 11.5 Å². The monoisotopic (exact) mass is 456 g/mol. The molecule has 186 valence electrons. The maximum atomic E-state index is 12.8. The van der Waals surface area contributed by atoms with E-state index in [-0.39, 0.29) is 39.1 Å². The molecule has 1 unspecified atom stereocenters. The Kier molecular flexibility index (Phi) is 4.99. The number of aliphatic hydroxyl groups excluding tert-OH is 1. The number of hydrogen-bond acceptors (Lipinski definition) is 2. The van der Waals surface area contributed by atoms with E-state index in [2.05, 4.69) is 54.5 Å². The van der Waals surface area contributed by atoms with E-state index >= 15 is 0 Å². The van der Waals surface area contributed by atoms with Crippen LogP contribution in [-0.2, 0) is 4.79 Å². The van der Waals surface area contributed by atoms with Gasteiger partial charge in [-0.3, -0.25) is 4.79 Å². The van der Waals surface area contributed by atoms with Crippen molar-refractivity contribution >= 4 is 5.97 Å². The maximum absolute atomic E-state index is 12.8. The number of aliphatic carboxylic acids is 1. The van der Waals surface area contributed by atoms with E-state index in [0.717, 1.165) is 51.4 Å². The first-order valence-electron chi connectivity index (χ1n) is 13.8. The van der Waals surface area contributed by atoms with Crippen LogP contribution in [0.1, 0.15) is 113 Å². The number of fused-ring (bicyclic) bond motifs is 7. The summed E-state index contributed by atoms with van der Waals surface area (Å²) in [5.74, 6) is 0.807. The number of rotatable bonds is 1. The van der Waals surface area contributed by atoms with E-state index in [1.54, 1.807) is 0 Å². The lowest BCUT2D eigenvalue weighted by molar-refractivity contribution is -0.205. The topological polar surface area (TPSA) is 57.5 Å². The van der Waals surface area contributed by atoms with Crippen LogP contribution in [0.25, 0.3) is 0 Å². The maximum Gasteiger partial charge on any atom is 0.310 e. The summed E-state index contributed by atoms with van der Waals surface area (Å²) >= 11 is 0. The van der Waals surface area contributed by atoms with Gasteiger partial charge in [-0.05, 0) is 109 Å². The summed E-state index contributed by atoms with van der Waals surface area (Å²) in [6, 6.07) is 0. The van der Waals surface area contributed by atoms with Gasteiger partial charge >= 0.3 is 5.97 Å². The largest absolute Gasteiger partial charge is 0.481 e. The molecular formula is C30H48O3. The van der Waals surface area contributed by atoms with E-state index in [1.165, 1.54) is 18.4 Å². The molecule has 0 aromatic rings. The minimum absolute atomic E-state index is 0.0301. The third-order valence-electron chi connectivity index (χ3n) is 13.0. The van der Waals surface area contributed by atoms with Crippen molar-refractivity contribution in [1.29, 1.82) is 0 Å². The highest BCUT2D eigenvalue weighted by molar-refractivity contribution is 5.76. The Morgan fingerprint density at radius 2 is 1.55 bits per heavy atom. The second-order valence-corrected chi connectivity index (χ2v) is 15.1. The average molecular weight is 457 g/mol. The highest BCUT2D eigenvalue weighted by atomic mass is 16.4. The third kappa shape index (κ3) is 2.87. The van der Waals surface area contributed by atoms with Gasteiger partial charge in [0.2, 0.25) is 0 Å². The average Bonchev–Trinajstić information content (AvgIpc) is 2.71. The summed E-state index contributed by atoms with van der Waals surface area (Å²) in [5, 5.41) is 21.4. The molecule has 5 aliphatic carbocycles. The smallest absolute Gasteiger partial charge is 0.310 e. The minimum Gasteiger partial charge on any atom is -0.481 e. The second-order valence-electron chi connectivity index (χ2n) is 15.1. The fourth-order valence-corrected chi connectivity index (χ4v) is 10.6. The summed E-state index contributed by atoms with van der Waals surface area (Å²) in [7, 11) is 0. The molecule has 8 atom stereocenters. The van der Waals surface area contributed by atoms with Crippen molar-refractivity contribution in [2.24, 2.45) is 50.2 Å². The molecule has 0 spiro atoms. The first-order valence-corrected chi connectivity index (χ1v) is 13.8. The molecule has 4 fully saturated rings. The van der Waals surface area contributed by atoms with Crippen molar-refractivity contribution < 1.29 is 15.0 Å². The van der Waals surface area contributed by atoms with Gasteiger partial charge in [-0.2, -0.15) is 0 Å². The number of aliphatic hydroxyl groups is 1. The van der Waals surface area contributed by atoms with Gasteiger partial charge in [0.15, 0.2) is 0 Å². The molecule has 33 heavy (non-hydrogen) atoms. The molecule has 0 saturated heterocycles. The zero-order valence-electron chi connectivity index (χ0n) is 22.3. The standard InChI is InChI=1S/C30H48O3/c1-25(2)14-16-30(24(32)33)17-15-28(6)19(20(30)18-25)8-9-22-27(5)12-11-23(31)26(3,4)21(27)10-13-29(22,28)7/h8,20-23,31H,9-18H2,1-7H3,(H,32,33)/t20?,21-,22+,23-,27-,28+,29+,30-/m0/s1. The predicted octanol–water partition coefficient (Wildman–Crippen LogP) is 7.23. The normalized spacial score (nSPS) is 52.4. The Labute approximate surface area is 201 Å². The number of allylic oxidation sites excluding steroid dienone is 2. The molecule has 0 radical (unpaired) electrons. The predicted molar refractivity (Wildman–Crippen MR) is 133 cm³/mol. The lowest BCUT2D eigenvalue weighted by Gasteiger charge is -2.71. The zero-order valence-corrected chi connectivity index (χ0v) is 22.3. The van der Waals surface area contributed by atoms with Gasteiger partial charge in [0.1, 0.15) is 0 Å². The lowest BCUT2D eigenvalue weighted by Crippen LogP contribution is -2.65. The molecule has 4 saturated carbocycles. The number of carboxylic acids is 1. The summed E-state index contributed by atoms with van der Waals surface area (Å²) in [5.41, 5.74) is 1.68. The van der Waals surface area contributed by atoms with Gasteiger partial charge < -0.3 is 10.2 Å².